The third kappa shape index (κ3) is 2.50. The second-order valence-electron chi connectivity index (χ2n) is 4.85. The summed E-state index contributed by atoms with van der Waals surface area (Å²) in [7, 11) is 0. The fourth-order valence-corrected chi connectivity index (χ4v) is 2.59. The lowest BCUT2D eigenvalue weighted by atomic mass is 10.0. The minimum absolute atomic E-state index is 0.126. The largest absolute Gasteiger partial charge is 0.477 e. The third-order valence-electron chi connectivity index (χ3n) is 3.56. The van der Waals surface area contributed by atoms with Gasteiger partial charge in [0.15, 0.2) is 0 Å². The molecule has 1 aliphatic rings. The van der Waals surface area contributed by atoms with Gasteiger partial charge in [0.2, 0.25) is 5.88 Å². The molecule has 1 aromatic heterocycles. The lowest BCUT2D eigenvalue weighted by Gasteiger charge is -2.09. The number of fused-ring (bicyclic) bond motifs is 1. The van der Waals surface area contributed by atoms with Crippen molar-refractivity contribution in [2.75, 3.05) is 0 Å². The maximum Gasteiger partial charge on any atom is 0.345 e. The predicted octanol–water partition coefficient (Wildman–Crippen LogP) is 2.49. The quantitative estimate of drug-likeness (QED) is 0.876. The molecule has 0 radical (unpaired) electrons. The Morgan fingerprint density at radius 2 is 1.90 bits per heavy atom. The summed E-state index contributed by atoms with van der Waals surface area (Å²) in [6, 6.07) is 8.37. The summed E-state index contributed by atoms with van der Waals surface area (Å²) < 4.78 is 5.19. The highest BCUT2D eigenvalue weighted by molar-refractivity contribution is 5.95. The van der Waals surface area contributed by atoms with Gasteiger partial charge in [-0.15, -0.1) is 0 Å². The fraction of sp³-hybridized carbons (Fsp3) is 0.188. The van der Waals surface area contributed by atoms with Gasteiger partial charge < -0.3 is 9.84 Å². The van der Waals surface area contributed by atoms with E-state index in [2.05, 4.69) is 4.98 Å². The zero-order valence-electron chi connectivity index (χ0n) is 11.2. The molecule has 1 aliphatic carbocycles. The Morgan fingerprint density at radius 1 is 1.10 bits per heavy atom. The van der Waals surface area contributed by atoms with Crippen molar-refractivity contribution in [3.05, 3.63) is 58.8 Å². The molecule has 21 heavy (non-hydrogen) atoms. The van der Waals surface area contributed by atoms with E-state index in [-0.39, 0.29) is 11.4 Å². The first-order valence-electron chi connectivity index (χ1n) is 6.68. The third-order valence-corrected chi connectivity index (χ3v) is 3.56. The van der Waals surface area contributed by atoms with Crippen LogP contribution in [0.15, 0.2) is 36.5 Å². The Labute approximate surface area is 121 Å². The van der Waals surface area contributed by atoms with E-state index in [9.17, 15) is 9.59 Å². The highest BCUT2D eigenvalue weighted by atomic mass is 16.5. The number of carboxylic acids is 1. The maximum atomic E-state index is 12.3. The monoisotopic (exact) mass is 283 g/mol. The lowest BCUT2D eigenvalue weighted by molar-refractivity contribution is 0.0677. The highest BCUT2D eigenvalue weighted by Crippen LogP contribution is 2.26. The summed E-state index contributed by atoms with van der Waals surface area (Å²) in [5.41, 5.74) is 2.52. The Kier molecular flexibility index (Phi) is 3.39. The van der Waals surface area contributed by atoms with Gasteiger partial charge in [0.1, 0.15) is 5.56 Å². The Balaban J connectivity index is 1.92. The van der Waals surface area contributed by atoms with Gasteiger partial charge in [-0.1, -0.05) is 12.1 Å². The second-order valence-corrected chi connectivity index (χ2v) is 4.85. The first-order valence-corrected chi connectivity index (χ1v) is 6.68. The molecule has 1 N–H and O–H groups in total. The van der Waals surface area contributed by atoms with Crippen molar-refractivity contribution in [3.8, 4) is 5.88 Å². The molecule has 0 amide bonds. The van der Waals surface area contributed by atoms with Crippen molar-refractivity contribution in [2.45, 2.75) is 19.3 Å². The van der Waals surface area contributed by atoms with Crippen molar-refractivity contribution >= 4 is 11.9 Å². The van der Waals surface area contributed by atoms with Crippen LogP contribution in [0.4, 0.5) is 0 Å². The molecule has 0 atom stereocenters. The number of pyridine rings is 1. The molecule has 1 aromatic carbocycles. The number of aromatic nitrogens is 1. The number of carbonyl (C=O) groups excluding carboxylic acids is 1. The first kappa shape index (κ1) is 13.3. The molecule has 3 rings (SSSR count). The SMILES string of the molecule is O=C(O)c1cccnc1OC(=O)c1cccc2c1CCC2. The Bertz CT molecular complexity index is 724. The van der Waals surface area contributed by atoms with Crippen LogP contribution in [0.1, 0.15) is 38.3 Å². The molecule has 0 fully saturated rings. The predicted molar refractivity (Wildman–Crippen MR) is 74.6 cm³/mol. The molecule has 0 spiro atoms. The zero-order chi connectivity index (χ0) is 14.8. The molecule has 0 saturated carbocycles. The van der Waals surface area contributed by atoms with Crippen LogP contribution in [0.5, 0.6) is 5.88 Å². The maximum absolute atomic E-state index is 12.3. The number of carboxylic acid groups (broad SMARTS) is 1. The van der Waals surface area contributed by atoms with Crippen LogP contribution < -0.4 is 4.74 Å². The van der Waals surface area contributed by atoms with Crippen molar-refractivity contribution in [1.29, 1.82) is 0 Å². The van der Waals surface area contributed by atoms with E-state index in [4.69, 9.17) is 9.84 Å². The number of aryl methyl sites for hydroxylation is 1. The van der Waals surface area contributed by atoms with Gasteiger partial charge in [-0.2, -0.15) is 0 Å². The van der Waals surface area contributed by atoms with Gasteiger partial charge in [-0.25, -0.2) is 14.6 Å². The fourth-order valence-electron chi connectivity index (χ4n) is 2.59. The number of rotatable bonds is 3. The van der Waals surface area contributed by atoms with Crippen LogP contribution in [0.25, 0.3) is 0 Å². The van der Waals surface area contributed by atoms with Crippen LogP contribution in [0.2, 0.25) is 0 Å². The average Bonchev–Trinajstić information content (AvgIpc) is 2.95. The van der Waals surface area contributed by atoms with Gasteiger partial charge in [0.05, 0.1) is 5.56 Å². The molecule has 0 bridgehead atoms. The molecule has 5 heteroatoms. The molecular weight excluding hydrogens is 270 g/mol. The van der Waals surface area contributed by atoms with Gasteiger partial charge in [-0.05, 0) is 48.6 Å². The van der Waals surface area contributed by atoms with Crippen LogP contribution in [0.3, 0.4) is 0 Å². The zero-order valence-corrected chi connectivity index (χ0v) is 11.2. The minimum atomic E-state index is -1.18. The summed E-state index contributed by atoms with van der Waals surface area (Å²) >= 11 is 0. The molecule has 0 aliphatic heterocycles. The summed E-state index contributed by atoms with van der Waals surface area (Å²) in [4.78, 5) is 27.2. The van der Waals surface area contributed by atoms with Crippen molar-refractivity contribution in [3.63, 3.8) is 0 Å². The van der Waals surface area contributed by atoms with Gasteiger partial charge in [-0.3, -0.25) is 0 Å². The van der Waals surface area contributed by atoms with E-state index in [1.165, 1.54) is 18.3 Å². The van der Waals surface area contributed by atoms with Crippen molar-refractivity contribution in [1.82, 2.24) is 4.98 Å². The van der Waals surface area contributed by atoms with Crippen molar-refractivity contribution in [2.24, 2.45) is 0 Å². The minimum Gasteiger partial charge on any atom is -0.477 e. The smallest absolute Gasteiger partial charge is 0.345 e. The van der Waals surface area contributed by atoms with E-state index < -0.39 is 11.9 Å². The first-order chi connectivity index (χ1) is 10.2. The molecule has 2 aromatic rings. The van der Waals surface area contributed by atoms with Crippen molar-refractivity contribution < 1.29 is 19.4 Å². The van der Waals surface area contributed by atoms with Crippen LogP contribution in [0, 0.1) is 0 Å². The van der Waals surface area contributed by atoms with Gasteiger partial charge in [0.25, 0.3) is 0 Å². The van der Waals surface area contributed by atoms with E-state index >= 15 is 0 Å². The Morgan fingerprint density at radius 3 is 2.71 bits per heavy atom. The molecule has 0 unspecified atom stereocenters. The average molecular weight is 283 g/mol. The number of nitrogens with zero attached hydrogens (tertiary/aromatic N) is 1. The number of aromatic carboxylic acids is 1. The Hall–Kier alpha value is -2.69. The van der Waals surface area contributed by atoms with E-state index in [1.807, 2.05) is 12.1 Å². The summed E-state index contributed by atoms with van der Waals surface area (Å²) in [6.07, 6.45) is 4.21. The van der Waals surface area contributed by atoms with Crippen LogP contribution >= 0.6 is 0 Å². The van der Waals surface area contributed by atoms with E-state index in [0.29, 0.717) is 5.56 Å². The standard InChI is InChI=1S/C16H13NO4/c18-15(19)13-8-3-9-17-14(13)21-16(20)12-7-2-5-10-4-1-6-11(10)12/h2-3,5,7-9H,1,4,6H2,(H,18,19). The molecule has 5 nitrogen and oxygen atoms in total. The number of esters is 1. The summed E-state index contributed by atoms with van der Waals surface area (Å²) in [5, 5.41) is 9.07. The van der Waals surface area contributed by atoms with E-state index in [1.54, 1.807) is 6.07 Å². The van der Waals surface area contributed by atoms with Gasteiger partial charge >= 0.3 is 11.9 Å². The number of hydrogen-bond donors (Lipinski definition) is 1. The molecule has 0 saturated heterocycles. The molecular formula is C16H13NO4. The second kappa shape index (κ2) is 5.36. The lowest BCUT2D eigenvalue weighted by Crippen LogP contribution is -2.14. The topological polar surface area (TPSA) is 76.5 Å². The number of ether oxygens (including phenoxy) is 1. The number of benzene rings is 1. The number of carbonyl (C=O) groups is 2. The summed E-state index contributed by atoms with van der Waals surface area (Å²) in [5.74, 6) is -1.91. The number of hydrogen-bond acceptors (Lipinski definition) is 4. The van der Waals surface area contributed by atoms with Crippen LogP contribution in [-0.2, 0) is 12.8 Å². The molecule has 1 heterocycles. The summed E-state index contributed by atoms with van der Waals surface area (Å²) in [6.45, 7) is 0. The van der Waals surface area contributed by atoms with Crippen LogP contribution in [-0.4, -0.2) is 22.0 Å². The highest BCUT2D eigenvalue weighted by Gasteiger charge is 2.22. The van der Waals surface area contributed by atoms with E-state index in [0.717, 1.165) is 30.4 Å². The molecule has 106 valence electrons. The van der Waals surface area contributed by atoms with Gasteiger partial charge in [0, 0.05) is 6.20 Å². The normalized spacial score (nSPS) is 12.8.